The lowest BCUT2D eigenvalue weighted by Gasteiger charge is -2.30. The fraction of sp³-hybridized carbons (Fsp3) is 0.162. The minimum Gasteiger partial charge on any atom is -0.545 e. The van der Waals surface area contributed by atoms with E-state index in [2.05, 4.69) is 18.2 Å². The van der Waals surface area contributed by atoms with Crippen molar-refractivity contribution < 1.29 is 24.1 Å². The molecule has 2 aliphatic rings. The zero-order chi connectivity index (χ0) is 31.8. The van der Waals surface area contributed by atoms with Crippen molar-refractivity contribution in [1.29, 1.82) is 0 Å². The van der Waals surface area contributed by atoms with Gasteiger partial charge in [0, 0.05) is 5.56 Å². The Labute approximate surface area is 268 Å². The number of hydrogen-bond donors (Lipinski definition) is 0. The van der Waals surface area contributed by atoms with Gasteiger partial charge in [0.15, 0.2) is 16.3 Å². The zero-order valence-corrected chi connectivity index (χ0v) is 26.0. The summed E-state index contributed by atoms with van der Waals surface area (Å²) in [5, 5.41) is 11.2. The zero-order valence-electron chi connectivity index (χ0n) is 25.2. The van der Waals surface area contributed by atoms with E-state index in [4.69, 9.17) is 19.2 Å². The predicted molar refractivity (Wildman–Crippen MR) is 174 cm³/mol. The van der Waals surface area contributed by atoms with E-state index in [1.54, 1.807) is 32.4 Å². The van der Waals surface area contributed by atoms with Gasteiger partial charge in [-0.15, -0.1) is 0 Å². The highest BCUT2D eigenvalue weighted by atomic mass is 32.1. The lowest BCUT2D eigenvalue weighted by atomic mass is 9.83. The first kappa shape index (κ1) is 29.3. The molecule has 0 amide bonds. The lowest BCUT2D eigenvalue weighted by molar-refractivity contribution is -0.255. The summed E-state index contributed by atoms with van der Waals surface area (Å²) in [5.41, 5.74) is 6.90. The maximum absolute atomic E-state index is 14.1. The summed E-state index contributed by atoms with van der Waals surface area (Å²) in [6, 6.07) is 27.8. The first-order valence-corrected chi connectivity index (χ1v) is 15.6. The van der Waals surface area contributed by atoms with E-state index in [9.17, 15) is 14.7 Å². The number of aromatic carboxylic acids is 1. The number of hydrogen-bond acceptors (Lipinski definition) is 8. The largest absolute Gasteiger partial charge is 0.545 e. The summed E-state index contributed by atoms with van der Waals surface area (Å²) < 4.78 is 19.4. The number of carboxylic acid groups (broad SMARTS) is 1. The molecule has 9 heteroatoms. The molecular formula is C37H29N2O6S-. The monoisotopic (exact) mass is 629 g/mol. The van der Waals surface area contributed by atoms with Gasteiger partial charge in [0.1, 0.15) is 12.4 Å². The third-order valence-corrected chi connectivity index (χ3v) is 9.33. The first-order chi connectivity index (χ1) is 22.4. The summed E-state index contributed by atoms with van der Waals surface area (Å²) in [4.78, 5) is 31.1. The van der Waals surface area contributed by atoms with Crippen molar-refractivity contribution in [2.75, 3.05) is 14.2 Å². The van der Waals surface area contributed by atoms with Gasteiger partial charge < -0.3 is 24.1 Å². The number of methoxy groups -OCH3 is 2. The molecule has 7 rings (SSSR count). The number of nitrogens with zero attached hydrogens (tertiary/aromatic N) is 2. The molecule has 1 aliphatic carbocycles. The predicted octanol–water partition coefficient (Wildman–Crippen LogP) is 4.28. The molecule has 8 nitrogen and oxygen atoms in total. The smallest absolute Gasteiger partial charge is 0.271 e. The number of aromatic nitrogens is 1. The average molecular weight is 630 g/mol. The van der Waals surface area contributed by atoms with Crippen LogP contribution in [0, 0.1) is 0 Å². The Balaban J connectivity index is 1.27. The number of allylic oxidation sites excluding steroid dienone is 1. The quantitative estimate of drug-likeness (QED) is 0.254. The Morgan fingerprint density at radius 1 is 0.957 bits per heavy atom. The van der Waals surface area contributed by atoms with Crippen molar-refractivity contribution in [3.8, 4) is 17.2 Å². The van der Waals surface area contributed by atoms with Crippen molar-refractivity contribution >= 4 is 29.1 Å². The SMILES string of the molecule is COc1ccc([C@@H]2C3=C(N=c4s/c(=C/c5ccc(OCc6cccc(C(=O)[O-])c6)c(OC)c5)c(=O)n42)c2ccccc2CC3)cc1. The van der Waals surface area contributed by atoms with Crippen molar-refractivity contribution in [3.63, 3.8) is 0 Å². The minimum absolute atomic E-state index is 0.0872. The fourth-order valence-corrected chi connectivity index (χ4v) is 7.10. The maximum Gasteiger partial charge on any atom is 0.271 e. The van der Waals surface area contributed by atoms with Crippen LogP contribution in [0.25, 0.3) is 11.8 Å². The van der Waals surface area contributed by atoms with Gasteiger partial charge in [-0.3, -0.25) is 9.36 Å². The lowest BCUT2D eigenvalue weighted by Crippen LogP contribution is -2.38. The van der Waals surface area contributed by atoms with Crippen LogP contribution in [-0.4, -0.2) is 24.8 Å². The van der Waals surface area contributed by atoms with Gasteiger partial charge in [-0.2, -0.15) is 0 Å². The van der Waals surface area contributed by atoms with E-state index in [0.717, 1.165) is 46.6 Å². The standard InChI is InChI=1S/C37H30N2O6S/c1-43-27-14-11-25(12-15-27)34-29-16-13-24-7-3-4-9-28(24)33(29)38-37-39(34)35(40)32(46-37)20-22-10-17-30(31(19-22)44-2)45-21-23-6-5-8-26(18-23)36(41)42/h3-12,14-15,17-20,34H,13,16,21H2,1-2H3,(H,41,42)/p-1/b32-20+/t34-/m1/s1. The number of carbonyl (C=O) groups excluding carboxylic acids is 1. The molecule has 5 aromatic rings. The number of fused-ring (bicyclic) bond motifs is 3. The third-order valence-electron chi connectivity index (χ3n) is 8.35. The van der Waals surface area contributed by atoms with Crippen LogP contribution in [0.1, 0.15) is 50.6 Å². The number of rotatable bonds is 8. The van der Waals surface area contributed by atoms with Gasteiger partial charge in [-0.25, -0.2) is 4.99 Å². The summed E-state index contributed by atoms with van der Waals surface area (Å²) in [5.74, 6) is 0.493. The molecule has 46 heavy (non-hydrogen) atoms. The number of benzene rings is 4. The summed E-state index contributed by atoms with van der Waals surface area (Å²) in [7, 11) is 3.19. The van der Waals surface area contributed by atoms with Crippen molar-refractivity contribution in [2.24, 2.45) is 4.99 Å². The summed E-state index contributed by atoms with van der Waals surface area (Å²) >= 11 is 1.37. The number of carboxylic acids is 1. The highest BCUT2D eigenvalue weighted by Crippen LogP contribution is 2.41. The van der Waals surface area contributed by atoms with Gasteiger partial charge >= 0.3 is 0 Å². The van der Waals surface area contributed by atoms with E-state index in [1.165, 1.54) is 29.0 Å². The van der Waals surface area contributed by atoms with Crippen molar-refractivity contribution in [1.82, 2.24) is 4.57 Å². The molecule has 0 unspecified atom stereocenters. The van der Waals surface area contributed by atoms with Gasteiger partial charge in [0.2, 0.25) is 0 Å². The topological polar surface area (TPSA) is 102 Å². The van der Waals surface area contributed by atoms with Gasteiger partial charge in [0.25, 0.3) is 5.56 Å². The van der Waals surface area contributed by atoms with E-state index in [-0.39, 0.29) is 23.8 Å². The van der Waals surface area contributed by atoms with Crippen molar-refractivity contribution in [2.45, 2.75) is 25.5 Å². The Hall–Kier alpha value is -5.41. The van der Waals surface area contributed by atoms with E-state index in [1.807, 2.05) is 53.1 Å². The molecule has 2 heterocycles. The number of thiazole rings is 1. The second-order valence-corrected chi connectivity index (χ2v) is 12.1. The molecular weight excluding hydrogens is 600 g/mol. The molecule has 0 radical (unpaired) electrons. The molecule has 1 aliphatic heterocycles. The fourth-order valence-electron chi connectivity index (χ4n) is 6.10. The maximum atomic E-state index is 14.1. The number of aryl methyl sites for hydroxylation is 1. The van der Waals surface area contributed by atoms with Crippen LogP contribution < -0.4 is 34.2 Å². The van der Waals surface area contributed by atoms with Crippen LogP contribution in [0.2, 0.25) is 0 Å². The second-order valence-electron chi connectivity index (χ2n) is 11.1. The summed E-state index contributed by atoms with van der Waals surface area (Å²) in [6.07, 6.45) is 3.55. The Bertz CT molecular complexity index is 2200. The van der Waals surface area contributed by atoms with Gasteiger partial charge in [-0.05, 0) is 82.6 Å². The van der Waals surface area contributed by atoms with Gasteiger partial charge in [-0.1, -0.05) is 72.0 Å². The summed E-state index contributed by atoms with van der Waals surface area (Å²) in [6.45, 7) is 0.147. The van der Waals surface area contributed by atoms with Crippen molar-refractivity contribution in [3.05, 3.63) is 150 Å². The van der Waals surface area contributed by atoms with E-state index >= 15 is 0 Å². The van der Waals surface area contributed by atoms with Crippen LogP contribution in [-0.2, 0) is 13.0 Å². The van der Waals surface area contributed by atoms with E-state index in [0.29, 0.717) is 26.4 Å². The molecule has 0 saturated heterocycles. The molecule has 1 aromatic heterocycles. The Kier molecular flexibility index (Phi) is 7.76. The van der Waals surface area contributed by atoms with Gasteiger partial charge in [0.05, 0.1) is 36.5 Å². The minimum atomic E-state index is -1.24. The molecule has 230 valence electrons. The average Bonchev–Trinajstić information content (AvgIpc) is 3.40. The molecule has 0 N–H and O–H groups in total. The molecule has 0 spiro atoms. The highest BCUT2D eigenvalue weighted by molar-refractivity contribution is 7.07. The van der Waals surface area contributed by atoms with Crippen LogP contribution in [0.5, 0.6) is 17.2 Å². The highest BCUT2D eigenvalue weighted by Gasteiger charge is 2.32. The molecule has 1 atom stereocenters. The van der Waals surface area contributed by atoms with Crippen LogP contribution in [0.3, 0.4) is 0 Å². The number of ether oxygens (including phenoxy) is 3. The molecule has 4 aromatic carbocycles. The molecule has 0 fully saturated rings. The number of carbonyl (C=O) groups is 1. The van der Waals surface area contributed by atoms with E-state index < -0.39 is 5.97 Å². The first-order valence-electron chi connectivity index (χ1n) is 14.8. The van der Waals surface area contributed by atoms with Crippen LogP contribution >= 0.6 is 11.3 Å². The second kappa shape index (κ2) is 12.2. The Morgan fingerprint density at radius 3 is 2.57 bits per heavy atom. The molecule has 0 bridgehead atoms. The van der Waals surface area contributed by atoms with Crippen LogP contribution in [0.15, 0.2) is 106 Å². The Morgan fingerprint density at radius 2 is 1.78 bits per heavy atom. The van der Waals surface area contributed by atoms with Crippen LogP contribution in [0.4, 0.5) is 0 Å². The molecule has 0 saturated carbocycles. The normalized spacial score (nSPS) is 15.3. The third kappa shape index (κ3) is 5.39.